The molecule has 3 aromatic carbocycles. The number of amides is 3. The van der Waals surface area contributed by atoms with E-state index in [9.17, 15) is 24.3 Å². The van der Waals surface area contributed by atoms with Gasteiger partial charge in [0.15, 0.2) is 0 Å². The molecule has 2 aliphatic heterocycles. The van der Waals surface area contributed by atoms with E-state index in [0.717, 1.165) is 74.7 Å². The van der Waals surface area contributed by atoms with E-state index in [1.54, 1.807) is 16.2 Å². The number of hydrogen-bond donors (Lipinski definition) is 5. The molecule has 0 spiro atoms. The summed E-state index contributed by atoms with van der Waals surface area (Å²) < 4.78 is 39.9. The second-order valence-electron chi connectivity index (χ2n) is 22.4. The highest BCUT2D eigenvalue weighted by Gasteiger charge is 2.43. The van der Waals surface area contributed by atoms with Gasteiger partial charge in [-0.15, -0.1) is 11.3 Å². The Morgan fingerprint density at radius 2 is 1.44 bits per heavy atom. The van der Waals surface area contributed by atoms with Gasteiger partial charge < -0.3 is 69.0 Å². The van der Waals surface area contributed by atoms with Crippen LogP contribution in [0.3, 0.4) is 0 Å². The molecular formula is C64H87N7O12S. The molecule has 4 heterocycles. The molecule has 2 aliphatic rings. The summed E-state index contributed by atoms with van der Waals surface area (Å²) in [6, 6.07) is 21.0. The third-order valence-corrected chi connectivity index (χ3v) is 16.1. The van der Waals surface area contributed by atoms with Crippen molar-refractivity contribution in [2.45, 2.75) is 112 Å². The Morgan fingerprint density at radius 3 is 2.04 bits per heavy atom. The molecule has 0 radical (unpaired) electrons. The van der Waals surface area contributed by atoms with Crippen LogP contribution in [-0.4, -0.2) is 161 Å². The number of aromatic nitrogens is 2. The number of H-pyrrole nitrogens is 1. The fraction of sp³-hybridized carbons (Fsp3) is 0.516. The number of β-amino-alcohol motifs (C(OH)–C–C–N with tert-alkyl or cyclic N) is 1. The topological polar surface area (TPSA) is 224 Å². The van der Waals surface area contributed by atoms with Gasteiger partial charge in [-0.25, -0.2) is 4.98 Å². The van der Waals surface area contributed by atoms with Crippen molar-refractivity contribution in [2.75, 3.05) is 104 Å². The zero-order valence-corrected chi connectivity index (χ0v) is 51.1. The normalized spacial score (nSPS) is 15.9. The van der Waals surface area contributed by atoms with Crippen molar-refractivity contribution >= 4 is 34.7 Å². The quantitative estimate of drug-likeness (QED) is 0.0262. The van der Waals surface area contributed by atoms with Gasteiger partial charge in [-0.05, 0) is 117 Å². The molecule has 0 bridgehead atoms. The fourth-order valence-corrected chi connectivity index (χ4v) is 11.3. The summed E-state index contributed by atoms with van der Waals surface area (Å²) in [5.74, 6) is -0.267. The number of ether oxygens (including phenoxy) is 7. The molecule has 3 atom stereocenters. The minimum absolute atomic E-state index is 0.117. The number of aliphatic hydroxyl groups is 1. The maximum absolute atomic E-state index is 14.1. The number of nitrogens with zero attached hydrogens (tertiary/aromatic N) is 3. The van der Waals surface area contributed by atoms with Crippen LogP contribution in [0.1, 0.15) is 91.0 Å². The molecule has 19 nitrogen and oxygen atoms in total. The van der Waals surface area contributed by atoms with E-state index in [1.807, 2.05) is 90.4 Å². The van der Waals surface area contributed by atoms with E-state index in [-0.39, 0.29) is 56.3 Å². The first-order valence-corrected chi connectivity index (χ1v) is 30.1. The van der Waals surface area contributed by atoms with E-state index in [0.29, 0.717) is 102 Å². The predicted molar refractivity (Wildman–Crippen MR) is 327 cm³/mol. The summed E-state index contributed by atoms with van der Waals surface area (Å²) in [6.07, 6.45) is 1.43. The molecule has 2 saturated heterocycles. The largest absolute Gasteiger partial charge is 0.491 e. The molecule has 3 amide bonds. The Kier molecular flexibility index (Phi) is 24.9. The minimum Gasteiger partial charge on any atom is -0.491 e. The molecule has 0 aliphatic carbocycles. The average molecular weight is 1180 g/mol. The van der Waals surface area contributed by atoms with Gasteiger partial charge in [0.25, 0.3) is 11.5 Å². The lowest BCUT2D eigenvalue weighted by Gasteiger charge is -2.37. The third-order valence-electron chi connectivity index (χ3n) is 15.1. The highest BCUT2D eigenvalue weighted by Crippen LogP contribution is 2.35. The number of aliphatic hydroxyl groups excluding tert-OH is 1. The number of carbonyl (C=O) groups excluding carboxylic acids is 3. The molecule has 5 aromatic rings. The maximum Gasteiger partial charge on any atom is 0.253 e. The van der Waals surface area contributed by atoms with E-state index < -0.39 is 29.5 Å². The van der Waals surface area contributed by atoms with Crippen LogP contribution in [0.2, 0.25) is 0 Å². The van der Waals surface area contributed by atoms with E-state index in [2.05, 4.69) is 74.7 Å². The summed E-state index contributed by atoms with van der Waals surface area (Å²) in [5.41, 5.74) is 11.2. The number of thiazole rings is 1. The van der Waals surface area contributed by atoms with Crippen LogP contribution >= 0.6 is 11.3 Å². The molecule has 2 fully saturated rings. The number of anilines is 1. The summed E-state index contributed by atoms with van der Waals surface area (Å²) in [6.45, 7) is 25.9. The monoisotopic (exact) mass is 1180 g/mol. The zero-order chi connectivity index (χ0) is 60.2. The lowest BCUT2D eigenvalue weighted by Crippen LogP contribution is -2.57. The van der Waals surface area contributed by atoms with Gasteiger partial charge >= 0.3 is 0 Å². The third kappa shape index (κ3) is 18.8. The number of aromatic amines is 1. The Hall–Kier alpha value is -6.49. The van der Waals surface area contributed by atoms with Crippen LogP contribution in [0.25, 0.3) is 21.6 Å². The molecule has 84 heavy (non-hydrogen) atoms. The number of carbonyl (C=O) groups is 3. The minimum atomic E-state index is -0.863. The van der Waals surface area contributed by atoms with Gasteiger partial charge in [0.1, 0.15) is 25.0 Å². The number of rotatable bonds is 32. The van der Waals surface area contributed by atoms with Gasteiger partial charge in [-0.2, -0.15) is 0 Å². The van der Waals surface area contributed by atoms with Crippen molar-refractivity contribution in [1.29, 1.82) is 0 Å². The van der Waals surface area contributed by atoms with Crippen molar-refractivity contribution in [3.8, 4) is 27.3 Å². The SMILES string of the molecule is C=C(NCc1ccc(-c2scnc2C)cc1)[C@@H]1C[C@@H](O)CN1C(=O)[C@@H](NC(=O)COCCOCCOCCOCCOCCOc1ccc(-c2cc(C(=O)NCc3c(C)cc(C)[nH]c3=O)c(C)c(N(CC)C3CCOCC3)c2)cc1)C(C)(C)C. The average Bonchev–Trinajstić information content (AvgIpc) is 3.59. The van der Waals surface area contributed by atoms with Crippen LogP contribution in [0, 0.1) is 33.1 Å². The van der Waals surface area contributed by atoms with Crippen LogP contribution in [0.4, 0.5) is 5.69 Å². The Bertz CT molecular complexity index is 2990. The number of hydrogen-bond acceptors (Lipinski definition) is 16. The van der Waals surface area contributed by atoms with Crippen molar-refractivity contribution < 1.29 is 52.6 Å². The fourth-order valence-electron chi connectivity index (χ4n) is 10.5. The van der Waals surface area contributed by atoms with E-state index in [4.69, 9.17) is 33.2 Å². The highest BCUT2D eigenvalue weighted by molar-refractivity contribution is 7.13. The predicted octanol–water partition coefficient (Wildman–Crippen LogP) is 7.59. The second-order valence-corrected chi connectivity index (χ2v) is 23.3. The van der Waals surface area contributed by atoms with Gasteiger partial charge in [-0.3, -0.25) is 19.2 Å². The number of aryl methyl sites for hydroxylation is 3. The molecule has 7 rings (SSSR count). The number of benzene rings is 3. The van der Waals surface area contributed by atoms with Crippen molar-refractivity contribution in [1.82, 2.24) is 30.8 Å². The second kappa shape index (κ2) is 32.1. The standard InChI is InChI=1S/C64H87N7O12S/c1-10-70(51-19-21-77-22-20-51)56-35-50(34-54(44(56)4)61(74)66-38-55-42(2)33-43(3)68-62(55)75)48-15-17-53(18-16-48)83-32-31-81-28-27-79-24-23-78-25-26-80-29-30-82-40-58(73)69-60(64(7,8)9)63(76)71-39-52(72)36-57(71)45(5)65-37-47-11-13-49(14-12-47)59-46(6)67-41-84-59/h11-18,33-35,41,51-52,57,60,65,72H,5,10,19-32,36-40H2,1-4,6-9H3,(H,66,74)(H,68,75)(H,69,73)/t52-,57+,60-/m1/s1. The molecule has 20 heteroatoms. The summed E-state index contributed by atoms with van der Waals surface area (Å²) in [5, 5.41) is 20.0. The molecular weight excluding hydrogens is 1090 g/mol. The lowest BCUT2D eigenvalue weighted by atomic mass is 9.85. The first-order chi connectivity index (χ1) is 40.4. The summed E-state index contributed by atoms with van der Waals surface area (Å²) in [7, 11) is 0. The Morgan fingerprint density at radius 1 is 0.821 bits per heavy atom. The maximum atomic E-state index is 14.1. The van der Waals surface area contributed by atoms with Gasteiger partial charge in [0.2, 0.25) is 11.8 Å². The molecule has 2 aromatic heterocycles. The van der Waals surface area contributed by atoms with Crippen LogP contribution in [0.15, 0.2) is 89.3 Å². The van der Waals surface area contributed by atoms with Gasteiger partial charge in [-0.1, -0.05) is 63.7 Å². The van der Waals surface area contributed by atoms with Crippen LogP contribution in [-0.2, 0) is 51.1 Å². The van der Waals surface area contributed by atoms with E-state index >= 15 is 0 Å². The van der Waals surface area contributed by atoms with Crippen LogP contribution < -0.4 is 31.1 Å². The number of pyridine rings is 1. The van der Waals surface area contributed by atoms with Gasteiger partial charge in [0.05, 0.1) is 87.7 Å². The number of nitrogens with one attached hydrogen (secondary N) is 4. The van der Waals surface area contributed by atoms with Crippen LogP contribution in [0.5, 0.6) is 5.75 Å². The first kappa shape index (κ1) is 65.1. The zero-order valence-electron chi connectivity index (χ0n) is 50.3. The smallest absolute Gasteiger partial charge is 0.253 e. The van der Waals surface area contributed by atoms with E-state index in [1.165, 1.54) is 0 Å². The van der Waals surface area contributed by atoms with Crippen molar-refractivity contribution in [3.63, 3.8) is 0 Å². The summed E-state index contributed by atoms with van der Waals surface area (Å²) >= 11 is 1.61. The van der Waals surface area contributed by atoms with Gasteiger partial charge in [0, 0.05) is 80.1 Å². The Labute approximate surface area is 498 Å². The molecule has 456 valence electrons. The molecule has 0 saturated carbocycles. The molecule has 5 N–H and O–H groups in total. The first-order valence-electron chi connectivity index (χ1n) is 29.2. The highest BCUT2D eigenvalue weighted by atomic mass is 32.1. The molecule has 0 unspecified atom stereocenters. The van der Waals surface area contributed by atoms with Crippen molar-refractivity contribution in [2.24, 2.45) is 5.41 Å². The Balaban J connectivity index is 0.736. The van der Waals surface area contributed by atoms with Crippen molar-refractivity contribution in [3.05, 3.63) is 134 Å². The summed E-state index contributed by atoms with van der Waals surface area (Å²) in [4.78, 5) is 66.2. The lowest BCUT2D eigenvalue weighted by molar-refractivity contribution is -0.141. The number of likely N-dealkylation sites (tertiary alicyclic amines) is 1.